The molecule has 2 heterocycles. The summed E-state index contributed by atoms with van der Waals surface area (Å²) >= 11 is 6.10. The summed E-state index contributed by atoms with van der Waals surface area (Å²) in [6.45, 7) is 0. The Morgan fingerprint density at radius 3 is 2.55 bits per heavy atom. The number of phenols is 1. The van der Waals surface area contributed by atoms with Gasteiger partial charge in [-0.15, -0.1) is 0 Å². The highest BCUT2D eigenvalue weighted by atomic mass is 35.5. The van der Waals surface area contributed by atoms with Gasteiger partial charge in [0, 0.05) is 23.5 Å². The Morgan fingerprint density at radius 2 is 1.88 bits per heavy atom. The normalized spacial score (nSPS) is 17.3. The molecular formula is C24H19ClN2O6. The lowest BCUT2D eigenvalue weighted by molar-refractivity contribution is -0.132. The molecule has 9 heteroatoms. The van der Waals surface area contributed by atoms with Gasteiger partial charge < -0.3 is 19.7 Å². The van der Waals surface area contributed by atoms with Crippen LogP contribution in [0, 0.1) is 0 Å². The topological polar surface area (TPSA) is 109 Å². The van der Waals surface area contributed by atoms with E-state index in [1.807, 2.05) is 0 Å². The minimum absolute atomic E-state index is 0.0270. The number of aliphatic hydroxyl groups is 1. The summed E-state index contributed by atoms with van der Waals surface area (Å²) < 4.78 is 10.6. The van der Waals surface area contributed by atoms with Gasteiger partial charge in [-0.1, -0.05) is 17.7 Å². The molecule has 8 nitrogen and oxygen atoms in total. The van der Waals surface area contributed by atoms with Crippen LogP contribution in [0.15, 0.2) is 66.5 Å². The maximum Gasteiger partial charge on any atom is 0.300 e. The number of carbonyl (C=O) groups is 2. The van der Waals surface area contributed by atoms with Gasteiger partial charge in [0.25, 0.3) is 11.7 Å². The van der Waals surface area contributed by atoms with Crippen LogP contribution in [0.2, 0.25) is 5.02 Å². The molecule has 1 saturated heterocycles. The smallest absolute Gasteiger partial charge is 0.300 e. The summed E-state index contributed by atoms with van der Waals surface area (Å²) in [4.78, 5) is 31.5. The Bertz CT molecular complexity index is 1280. The average molecular weight is 467 g/mol. The molecule has 0 radical (unpaired) electrons. The number of Topliss-reactive ketones (excluding diaryl/α,β-unsaturated/α-hetero) is 1. The number of benzene rings is 2. The number of ether oxygens (including phenoxy) is 2. The molecule has 3 aromatic rings. The fourth-order valence-corrected chi connectivity index (χ4v) is 3.93. The van der Waals surface area contributed by atoms with Gasteiger partial charge >= 0.3 is 0 Å². The summed E-state index contributed by atoms with van der Waals surface area (Å²) in [7, 11) is 2.90. The van der Waals surface area contributed by atoms with Crippen molar-refractivity contribution in [2.45, 2.75) is 6.04 Å². The second-order valence-electron chi connectivity index (χ2n) is 7.15. The van der Waals surface area contributed by atoms with E-state index in [1.165, 1.54) is 44.7 Å². The van der Waals surface area contributed by atoms with E-state index in [1.54, 1.807) is 30.5 Å². The minimum atomic E-state index is -1.07. The summed E-state index contributed by atoms with van der Waals surface area (Å²) in [6, 6.07) is 11.1. The van der Waals surface area contributed by atoms with Gasteiger partial charge in [0.1, 0.15) is 23.0 Å². The second-order valence-corrected chi connectivity index (χ2v) is 7.59. The zero-order valence-electron chi connectivity index (χ0n) is 17.7. The summed E-state index contributed by atoms with van der Waals surface area (Å²) in [5.41, 5.74) is 0.487. The number of carbonyl (C=O) groups excluding carboxylic acids is 2. The number of aromatic hydroxyl groups is 1. The number of rotatable bonds is 5. The molecule has 0 spiro atoms. The molecule has 1 unspecified atom stereocenters. The molecule has 33 heavy (non-hydrogen) atoms. The van der Waals surface area contributed by atoms with Crippen LogP contribution in [0.1, 0.15) is 17.2 Å². The number of aliphatic hydroxyl groups excluding tert-OH is 1. The first-order valence-electron chi connectivity index (χ1n) is 9.79. The van der Waals surface area contributed by atoms with Gasteiger partial charge in [0.2, 0.25) is 0 Å². The van der Waals surface area contributed by atoms with Crippen LogP contribution in [0.3, 0.4) is 0 Å². The molecule has 1 aliphatic rings. The second kappa shape index (κ2) is 8.84. The molecule has 0 bridgehead atoms. The van der Waals surface area contributed by atoms with E-state index < -0.39 is 23.5 Å². The number of aromatic nitrogens is 1. The number of pyridine rings is 1. The number of hydrogen-bond acceptors (Lipinski definition) is 7. The maximum absolute atomic E-state index is 13.2. The van der Waals surface area contributed by atoms with Crippen molar-refractivity contribution >= 4 is 34.7 Å². The van der Waals surface area contributed by atoms with Crippen LogP contribution >= 0.6 is 11.6 Å². The predicted octanol–water partition coefficient (Wildman–Crippen LogP) is 4.08. The minimum Gasteiger partial charge on any atom is -0.507 e. The lowest BCUT2D eigenvalue weighted by Gasteiger charge is -2.26. The summed E-state index contributed by atoms with van der Waals surface area (Å²) in [6.07, 6.45) is 3.02. The van der Waals surface area contributed by atoms with Gasteiger partial charge in [-0.05, 0) is 42.0 Å². The van der Waals surface area contributed by atoms with Crippen molar-refractivity contribution in [2.24, 2.45) is 0 Å². The lowest BCUT2D eigenvalue weighted by atomic mass is 9.95. The van der Waals surface area contributed by atoms with Crippen molar-refractivity contribution < 1.29 is 29.3 Å². The number of halogens is 1. The largest absolute Gasteiger partial charge is 0.507 e. The lowest BCUT2D eigenvalue weighted by Crippen LogP contribution is -2.29. The highest BCUT2D eigenvalue weighted by Crippen LogP contribution is 2.46. The van der Waals surface area contributed by atoms with Crippen molar-refractivity contribution in [3.8, 4) is 17.2 Å². The molecule has 1 amide bonds. The van der Waals surface area contributed by atoms with Crippen molar-refractivity contribution in [3.05, 3.63) is 82.6 Å². The number of nitrogens with zero attached hydrogens (tertiary/aromatic N) is 2. The highest BCUT2D eigenvalue weighted by molar-refractivity contribution is 6.52. The van der Waals surface area contributed by atoms with Crippen LogP contribution in [0.25, 0.3) is 5.76 Å². The molecule has 1 atom stereocenters. The first-order chi connectivity index (χ1) is 15.9. The molecule has 0 saturated carbocycles. The van der Waals surface area contributed by atoms with E-state index in [0.717, 1.165) is 4.90 Å². The Balaban J connectivity index is 1.98. The quantitative estimate of drug-likeness (QED) is 0.331. The monoisotopic (exact) mass is 466 g/mol. The Labute approximate surface area is 194 Å². The molecule has 168 valence electrons. The van der Waals surface area contributed by atoms with E-state index in [-0.39, 0.29) is 33.3 Å². The first kappa shape index (κ1) is 22.2. The third-order valence-electron chi connectivity index (χ3n) is 5.31. The van der Waals surface area contributed by atoms with E-state index in [9.17, 15) is 19.8 Å². The highest BCUT2D eigenvalue weighted by Gasteiger charge is 2.48. The molecule has 0 aliphatic carbocycles. The van der Waals surface area contributed by atoms with E-state index >= 15 is 0 Å². The molecule has 2 N–H and O–H groups in total. The van der Waals surface area contributed by atoms with Crippen molar-refractivity contribution in [1.82, 2.24) is 4.98 Å². The average Bonchev–Trinajstić information content (AvgIpc) is 3.10. The standard InChI is InChI=1S/C24H19ClN2O6/c1-32-15-6-7-16(19(11-15)33-2)22(29)20-21(13-4-3-9-26-12-13)27(24(31)23(20)30)17-10-14(25)5-8-18(17)28/h3-12,21,28-29H,1-2H3/b22-20-. The SMILES string of the molecule is COc1ccc(/C(O)=C2/C(=O)C(=O)N(c3cc(Cl)ccc3O)C2c2cccnc2)c(OC)c1. The Hall–Kier alpha value is -4.04. The van der Waals surface area contributed by atoms with Crippen molar-refractivity contribution in [1.29, 1.82) is 0 Å². The zero-order chi connectivity index (χ0) is 23.7. The van der Waals surface area contributed by atoms with Gasteiger partial charge in [-0.3, -0.25) is 19.5 Å². The van der Waals surface area contributed by atoms with E-state index in [4.69, 9.17) is 21.1 Å². The Kier molecular flexibility index (Phi) is 5.93. The van der Waals surface area contributed by atoms with Gasteiger partial charge in [0.15, 0.2) is 0 Å². The molecule has 2 aromatic carbocycles. The van der Waals surface area contributed by atoms with Crippen molar-refractivity contribution in [3.63, 3.8) is 0 Å². The molecule has 4 rings (SSSR count). The Morgan fingerprint density at radius 1 is 1.09 bits per heavy atom. The molecular weight excluding hydrogens is 448 g/mol. The van der Waals surface area contributed by atoms with E-state index in [2.05, 4.69) is 4.98 Å². The van der Waals surface area contributed by atoms with Gasteiger partial charge in [-0.2, -0.15) is 0 Å². The van der Waals surface area contributed by atoms with Crippen LogP contribution in [0.5, 0.6) is 17.2 Å². The number of hydrogen-bond donors (Lipinski definition) is 2. The third kappa shape index (κ3) is 3.85. The first-order valence-corrected chi connectivity index (χ1v) is 10.2. The summed E-state index contributed by atoms with van der Waals surface area (Å²) in [5.74, 6) is -1.83. The number of anilines is 1. The van der Waals surface area contributed by atoms with E-state index in [0.29, 0.717) is 11.3 Å². The van der Waals surface area contributed by atoms with Gasteiger partial charge in [-0.25, -0.2) is 0 Å². The van der Waals surface area contributed by atoms with Crippen LogP contribution in [0.4, 0.5) is 5.69 Å². The number of phenolic OH excluding ortho intramolecular Hbond substituents is 1. The number of ketones is 1. The molecule has 1 aromatic heterocycles. The maximum atomic E-state index is 13.2. The fourth-order valence-electron chi connectivity index (χ4n) is 3.76. The fraction of sp³-hybridized carbons (Fsp3) is 0.125. The number of amides is 1. The van der Waals surface area contributed by atoms with Gasteiger partial charge in [0.05, 0.1) is 37.1 Å². The zero-order valence-corrected chi connectivity index (χ0v) is 18.4. The third-order valence-corrected chi connectivity index (χ3v) is 5.54. The van der Waals surface area contributed by atoms with Crippen molar-refractivity contribution in [2.75, 3.05) is 19.1 Å². The molecule has 1 fully saturated rings. The van der Waals surface area contributed by atoms with Crippen LogP contribution in [-0.4, -0.2) is 41.1 Å². The summed E-state index contributed by atoms with van der Waals surface area (Å²) in [5, 5.41) is 22.0. The predicted molar refractivity (Wildman–Crippen MR) is 122 cm³/mol. The van der Waals surface area contributed by atoms with Crippen LogP contribution < -0.4 is 14.4 Å². The van der Waals surface area contributed by atoms with Crippen LogP contribution in [-0.2, 0) is 9.59 Å². The molecule has 1 aliphatic heterocycles. The number of methoxy groups -OCH3 is 2.